The number of hydrogen-bond acceptors (Lipinski definition) is 3. The fourth-order valence-electron chi connectivity index (χ4n) is 3.68. The van der Waals surface area contributed by atoms with Crippen LogP contribution in [0.25, 0.3) is 10.9 Å². The van der Waals surface area contributed by atoms with Crippen LogP contribution in [0.5, 0.6) is 0 Å². The van der Waals surface area contributed by atoms with E-state index >= 15 is 0 Å². The molecule has 4 heteroatoms. The highest BCUT2D eigenvalue weighted by Gasteiger charge is 2.27. The summed E-state index contributed by atoms with van der Waals surface area (Å²) in [5.41, 5.74) is 4.07. The first-order chi connectivity index (χ1) is 12.2. The van der Waals surface area contributed by atoms with Gasteiger partial charge in [-0.3, -0.25) is 14.8 Å². The zero-order valence-electron chi connectivity index (χ0n) is 14.4. The molecule has 1 atom stereocenters. The Balaban J connectivity index is 1.48. The number of aryl methyl sites for hydroxylation is 1. The number of carbonyl (C=O) groups is 1. The molecule has 1 unspecified atom stereocenters. The normalized spacial score (nSPS) is 17.2. The van der Waals surface area contributed by atoms with Crippen LogP contribution in [-0.4, -0.2) is 33.9 Å². The molecule has 4 nitrogen and oxygen atoms in total. The van der Waals surface area contributed by atoms with Gasteiger partial charge in [-0.05, 0) is 55.0 Å². The number of benzene rings is 1. The number of aromatic nitrogens is 2. The number of likely N-dealkylation sites (tertiary alicyclic amines) is 1. The molecular weight excluding hydrogens is 310 g/mol. The summed E-state index contributed by atoms with van der Waals surface area (Å²) in [6.45, 7) is 3.59. The standard InChI is InChI=1S/C21H21N3O/c1-15-10-18(13-22-12-15)21(25)24-9-7-16(14-24)11-17-6-8-23-20-5-3-2-4-19(17)20/h2-6,8,10,12-13,16H,7,9,11,14H2,1H3. The van der Waals surface area contributed by atoms with Gasteiger partial charge in [0.15, 0.2) is 0 Å². The van der Waals surface area contributed by atoms with Crippen molar-refractivity contribution in [2.75, 3.05) is 13.1 Å². The zero-order chi connectivity index (χ0) is 17.2. The lowest BCUT2D eigenvalue weighted by Crippen LogP contribution is -2.29. The average Bonchev–Trinajstić information content (AvgIpc) is 3.10. The van der Waals surface area contributed by atoms with Gasteiger partial charge in [0.2, 0.25) is 0 Å². The lowest BCUT2D eigenvalue weighted by Gasteiger charge is -2.17. The molecule has 0 radical (unpaired) electrons. The summed E-state index contributed by atoms with van der Waals surface area (Å²) in [5, 5.41) is 1.22. The third kappa shape index (κ3) is 3.25. The van der Waals surface area contributed by atoms with Crippen LogP contribution in [0.4, 0.5) is 0 Å². The number of rotatable bonds is 3. The quantitative estimate of drug-likeness (QED) is 0.736. The first-order valence-corrected chi connectivity index (χ1v) is 8.74. The predicted octanol–water partition coefficient (Wildman–Crippen LogP) is 3.64. The second-order valence-electron chi connectivity index (χ2n) is 6.85. The Kier molecular flexibility index (Phi) is 4.18. The van der Waals surface area contributed by atoms with Gasteiger partial charge in [0.25, 0.3) is 5.91 Å². The van der Waals surface area contributed by atoms with Crippen LogP contribution < -0.4 is 0 Å². The Labute approximate surface area is 147 Å². The molecule has 1 aliphatic heterocycles. The van der Waals surface area contributed by atoms with Crippen molar-refractivity contribution >= 4 is 16.8 Å². The first kappa shape index (κ1) is 15.8. The molecule has 25 heavy (non-hydrogen) atoms. The fourth-order valence-corrected chi connectivity index (χ4v) is 3.68. The molecule has 0 aliphatic carbocycles. The highest BCUT2D eigenvalue weighted by molar-refractivity contribution is 5.94. The molecule has 4 rings (SSSR count). The van der Waals surface area contributed by atoms with Crippen LogP contribution in [0, 0.1) is 12.8 Å². The molecule has 0 N–H and O–H groups in total. The maximum atomic E-state index is 12.7. The molecule has 3 aromatic rings. The summed E-state index contributed by atoms with van der Waals surface area (Å²) < 4.78 is 0. The topological polar surface area (TPSA) is 46.1 Å². The van der Waals surface area contributed by atoms with Crippen molar-refractivity contribution in [3.05, 3.63) is 71.7 Å². The van der Waals surface area contributed by atoms with Gasteiger partial charge in [0.1, 0.15) is 0 Å². The van der Waals surface area contributed by atoms with Gasteiger partial charge in [-0.2, -0.15) is 0 Å². The summed E-state index contributed by atoms with van der Waals surface area (Å²) >= 11 is 0. The smallest absolute Gasteiger partial charge is 0.255 e. The van der Waals surface area contributed by atoms with Gasteiger partial charge in [-0.25, -0.2) is 0 Å². The van der Waals surface area contributed by atoms with Gasteiger partial charge < -0.3 is 4.90 Å². The van der Waals surface area contributed by atoms with E-state index in [4.69, 9.17) is 0 Å². The van der Waals surface area contributed by atoms with E-state index in [0.717, 1.165) is 37.0 Å². The SMILES string of the molecule is Cc1cncc(C(=O)N2CCC(Cc3ccnc4ccccc34)C2)c1. The lowest BCUT2D eigenvalue weighted by molar-refractivity contribution is 0.0786. The molecular formula is C21H21N3O. The van der Waals surface area contributed by atoms with Gasteiger partial charge >= 0.3 is 0 Å². The molecule has 0 saturated carbocycles. The zero-order valence-corrected chi connectivity index (χ0v) is 14.4. The van der Waals surface area contributed by atoms with E-state index in [1.807, 2.05) is 36.2 Å². The Morgan fingerprint density at radius 1 is 1.24 bits per heavy atom. The van der Waals surface area contributed by atoms with Gasteiger partial charge in [-0.15, -0.1) is 0 Å². The van der Waals surface area contributed by atoms with Gasteiger partial charge in [0, 0.05) is 37.1 Å². The van der Waals surface area contributed by atoms with Crippen molar-refractivity contribution in [1.29, 1.82) is 0 Å². The molecule has 2 aromatic heterocycles. The monoisotopic (exact) mass is 331 g/mol. The molecule has 1 aromatic carbocycles. The van der Waals surface area contributed by atoms with Crippen LogP contribution in [0.2, 0.25) is 0 Å². The molecule has 1 aliphatic rings. The summed E-state index contributed by atoms with van der Waals surface area (Å²) in [4.78, 5) is 23.2. The number of fused-ring (bicyclic) bond motifs is 1. The molecule has 1 fully saturated rings. The second-order valence-corrected chi connectivity index (χ2v) is 6.85. The fraction of sp³-hybridized carbons (Fsp3) is 0.286. The summed E-state index contributed by atoms with van der Waals surface area (Å²) in [5.74, 6) is 0.589. The summed E-state index contributed by atoms with van der Waals surface area (Å²) in [7, 11) is 0. The number of para-hydroxylation sites is 1. The first-order valence-electron chi connectivity index (χ1n) is 8.74. The minimum absolute atomic E-state index is 0.0956. The third-order valence-electron chi connectivity index (χ3n) is 4.94. The summed E-state index contributed by atoms with van der Waals surface area (Å²) in [6, 6.07) is 12.3. The van der Waals surface area contributed by atoms with Crippen LogP contribution in [0.15, 0.2) is 55.0 Å². The van der Waals surface area contributed by atoms with Crippen LogP contribution in [0.1, 0.15) is 27.9 Å². The molecule has 3 heterocycles. The minimum Gasteiger partial charge on any atom is -0.338 e. The highest BCUT2D eigenvalue weighted by Crippen LogP contribution is 2.25. The maximum absolute atomic E-state index is 12.7. The van der Waals surface area contributed by atoms with E-state index in [1.54, 1.807) is 12.4 Å². The van der Waals surface area contributed by atoms with Crippen molar-refractivity contribution < 1.29 is 4.79 Å². The second kappa shape index (κ2) is 6.63. The average molecular weight is 331 g/mol. The Morgan fingerprint density at radius 2 is 2.12 bits per heavy atom. The number of nitrogens with zero attached hydrogens (tertiary/aromatic N) is 3. The Hall–Kier alpha value is -2.75. The van der Waals surface area contributed by atoms with E-state index in [2.05, 4.69) is 28.2 Å². The number of amides is 1. The maximum Gasteiger partial charge on any atom is 0.255 e. The molecule has 1 saturated heterocycles. The number of hydrogen-bond donors (Lipinski definition) is 0. The van der Waals surface area contributed by atoms with Crippen molar-refractivity contribution in [2.45, 2.75) is 19.8 Å². The Morgan fingerprint density at radius 3 is 3.00 bits per heavy atom. The number of pyridine rings is 2. The van der Waals surface area contributed by atoms with E-state index in [1.165, 1.54) is 10.9 Å². The van der Waals surface area contributed by atoms with Crippen LogP contribution in [0.3, 0.4) is 0 Å². The molecule has 126 valence electrons. The van der Waals surface area contributed by atoms with E-state index < -0.39 is 0 Å². The van der Waals surface area contributed by atoms with Crippen molar-refractivity contribution in [2.24, 2.45) is 5.92 Å². The largest absolute Gasteiger partial charge is 0.338 e. The minimum atomic E-state index is 0.0956. The van der Waals surface area contributed by atoms with Gasteiger partial charge in [0.05, 0.1) is 11.1 Å². The highest BCUT2D eigenvalue weighted by atomic mass is 16.2. The molecule has 0 bridgehead atoms. The van der Waals surface area contributed by atoms with Gasteiger partial charge in [-0.1, -0.05) is 18.2 Å². The van der Waals surface area contributed by atoms with Crippen LogP contribution in [-0.2, 0) is 6.42 Å². The van der Waals surface area contributed by atoms with Crippen molar-refractivity contribution in [3.63, 3.8) is 0 Å². The van der Waals surface area contributed by atoms with Crippen molar-refractivity contribution in [3.8, 4) is 0 Å². The van der Waals surface area contributed by atoms with Crippen molar-refractivity contribution in [1.82, 2.24) is 14.9 Å². The predicted molar refractivity (Wildman–Crippen MR) is 98.4 cm³/mol. The van der Waals surface area contributed by atoms with E-state index in [-0.39, 0.29) is 5.91 Å². The Bertz CT molecular complexity index is 916. The van der Waals surface area contributed by atoms with E-state index in [9.17, 15) is 4.79 Å². The summed E-state index contributed by atoms with van der Waals surface area (Å²) in [6.07, 6.45) is 7.35. The van der Waals surface area contributed by atoms with E-state index in [0.29, 0.717) is 11.5 Å². The number of carbonyl (C=O) groups excluding carboxylic acids is 1. The lowest BCUT2D eigenvalue weighted by atomic mass is 9.96. The molecule has 1 amide bonds. The molecule has 0 spiro atoms. The van der Waals surface area contributed by atoms with Crippen LogP contribution >= 0.6 is 0 Å². The third-order valence-corrected chi connectivity index (χ3v) is 4.94.